The molecule has 0 fully saturated rings. The first kappa shape index (κ1) is 20.3. The standard InChI is InChI=1S/C23H18N8O2/c1-13-21(33-12-27-13)19-20(16-7-3-2-5-14(16)10-24)29-23(25)31-22(19)28-18(30-31)9-17-15(11-32)6-4-8-26-17/h2-8,12,32H,9,11H2,1H3,(H2,25,29). The number of aliphatic hydroxyl groups excluding tert-OH is 1. The maximum absolute atomic E-state index is 9.65. The van der Waals surface area contributed by atoms with E-state index in [0.29, 0.717) is 56.6 Å². The maximum Gasteiger partial charge on any atom is 0.223 e. The molecule has 0 amide bonds. The maximum atomic E-state index is 9.65. The topological polar surface area (TPSA) is 152 Å². The Morgan fingerprint density at radius 2 is 2.00 bits per heavy atom. The SMILES string of the molecule is Cc1ncoc1-c1c(-c2ccccc2C#N)nc(N)n2nc(Cc3ncccc3CO)nc12. The fraction of sp³-hybridized carbons (Fsp3) is 0.130. The normalized spacial score (nSPS) is 11.1. The van der Waals surface area contributed by atoms with Crippen molar-refractivity contribution in [2.45, 2.75) is 20.0 Å². The van der Waals surface area contributed by atoms with Crippen LogP contribution < -0.4 is 5.73 Å². The molecule has 0 radical (unpaired) electrons. The lowest BCUT2D eigenvalue weighted by atomic mass is 9.99. The van der Waals surface area contributed by atoms with Crippen LogP contribution in [0.2, 0.25) is 0 Å². The molecule has 0 aliphatic rings. The molecule has 0 unspecified atom stereocenters. The number of aliphatic hydroxyl groups is 1. The second-order valence-corrected chi connectivity index (χ2v) is 7.33. The minimum atomic E-state index is -0.141. The molecule has 0 saturated carbocycles. The quantitative estimate of drug-likeness (QED) is 0.422. The lowest BCUT2D eigenvalue weighted by Crippen LogP contribution is -2.06. The molecule has 0 spiro atoms. The average molecular weight is 438 g/mol. The molecule has 10 nitrogen and oxygen atoms in total. The van der Waals surface area contributed by atoms with Crippen molar-refractivity contribution in [3.8, 4) is 28.7 Å². The lowest BCUT2D eigenvalue weighted by molar-refractivity contribution is 0.280. The smallest absolute Gasteiger partial charge is 0.223 e. The molecule has 1 aromatic carbocycles. The van der Waals surface area contributed by atoms with E-state index in [1.807, 2.05) is 13.0 Å². The molecule has 0 saturated heterocycles. The summed E-state index contributed by atoms with van der Waals surface area (Å²) in [5.41, 5.74) is 10.7. The molecule has 0 aliphatic carbocycles. The highest BCUT2D eigenvalue weighted by Gasteiger charge is 2.25. The fourth-order valence-electron chi connectivity index (χ4n) is 3.73. The number of nitrogens with zero attached hydrogens (tertiary/aromatic N) is 7. The van der Waals surface area contributed by atoms with Gasteiger partial charge < -0.3 is 15.3 Å². The first-order valence-corrected chi connectivity index (χ1v) is 10.1. The number of aryl methyl sites for hydroxylation is 1. The Kier molecular flexibility index (Phi) is 5.01. The van der Waals surface area contributed by atoms with Gasteiger partial charge in [-0.2, -0.15) is 9.78 Å². The second kappa shape index (κ2) is 8.14. The Morgan fingerprint density at radius 3 is 2.76 bits per heavy atom. The van der Waals surface area contributed by atoms with E-state index < -0.39 is 0 Å². The Bertz CT molecular complexity index is 1530. The largest absolute Gasteiger partial charge is 0.443 e. The van der Waals surface area contributed by atoms with E-state index in [2.05, 4.69) is 26.1 Å². The number of hydrogen-bond donors (Lipinski definition) is 2. The molecule has 4 aromatic heterocycles. The highest BCUT2D eigenvalue weighted by Crippen LogP contribution is 2.37. The van der Waals surface area contributed by atoms with Crippen molar-refractivity contribution >= 4 is 11.6 Å². The number of benzene rings is 1. The molecule has 3 N–H and O–H groups in total. The van der Waals surface area contributed by atoms with Gasteiger partial charge in [-0.15, -0.1) is 5.10 Å². The molecular formula is C23H18N8O2. The molecule has 10 heteroatoms. The van der Waals surface area contributed by atoms with E-state index in [1.54, 1.807) is 36.5 Å². The summed E-state index contributed by atoms with van der Waals surface area (Å²) >= 11 is 0. The Labute approximate surface area is 188 Å². The van der Waals surface area contributed by atoms with Gasteiger partial charge in [0.25, 0.3) is 0 Å². The third-order valence-corrected chi connectivity index (χ3v) is 5.31. The summed E-state index contributed by atoms with van der Waals surface area (Å²) in [5.74, 6) is 1.01. The molecule has 0 bridgehead atoms. The van der Waals surface area contributed by atoms with E-state index in [9.17, 15) is 10.4 Å². The van der Waals surface area contributed by atoms with E-state index >= 15 is 0 Å². The number of nitrogen functional groups attached to an aromatic ring is 1. The number of nitrogens with two attached hydrogens (primary N) is 1. The van der Waals surface area contributed by atoms with Crippen molar-refractivity contribution in [3.05, 3.63) is 77.3 Å². The third-order valence-electron chi connectivity index (χ3n) is 5.31. The van der Waals surface area contributed by atoms with Crippen LogP contribution in [-0.2, 0) is 13.0 Å². The van der Waals surface area contributed by atoms with Crippen molar-refractivity contribution in [1.29, 1.82) is 5.26 Å². The van der Waals surface area contributed by atoms with Gasteiger partial charge in [-0.25, -0.2) is 15.0 Å². The van der Waals surface area contributed by atoms with Gasteiger partial charge in [-0.05, 0) is 24.6 Å². The summed E-state index contributed by atoms with van der Waals surface area (Å²) < 4.78 is 7.13. The zero-order valence-electron chi connectivity index (χ0n) is 17.6. The number of aromatic nitrogens is 6. The molecular weight excluding hydrogens is 420 g/mol. The summed E-state index contributed by atoms with van der Waals surface area (Å²) in [6.07, 6.45) is 3.29. The molecule has 5 rings (SSSR count). The van der Waals surface area contributed by atoms with Crippen molar-refractivity contribution < 1.29 is 9.52 Å². The summed E-state index contributed by atoms with van der Waals surface area (Å²) in [5, 5.41) is 23.8. The Morgan fingerprint density at radius 1 is 1.15 bits per heavy atom. The van der Waals surface area contributed by atoms with Crippen LogP contribution in [0.25, 0.3) is 28.2 Å². The first-order chi connectivity index (χ1) is 16.1. The highest BCUT2D eigenvalue weighted by atomic mass is 16.3. The van der Waals surface area contributed by atoms with Gasteiger partial charge in [0.1, 0.15) is 0 Å². The number of anilines is 1. The third kappa shape index (κ3) is 3.46. The highest BCUT2D eigenvalue weighted by molar-refractivity contribution is 5.90. The van der Waals surface area contributed by atoms with Crippen LogP contribution >= 0.6 is 0 Å². The van der Waals surface area contributed by atoms with Crippen molar-refractivity contribution in [1.82, 2.24) is 29.5 Å². The molecule has 5 aromatic rings. The van der Waals surface area contributed by atoms with Gasteiger partial charge in [0, 0.05) is 11.8 Å². The number of oxazole rings is 1. The average Bonchev–Trinajstić information content (AvgIpc) is 3.46. The van der Waals surface area contributed by atoms with Gasteiger partial charge in [-0.1, -0.05) is 24.3 Å². The van der Waals surface area contributed by atoms with Crippen LogP contribution in [0.15, 0.2) is 53.4 Å². The van der Waals surface area contributed by atoms with Crippen molar-refractivity contribution in [2.24, 2.45) is 0 Å². The molecule has 162 valence electrons. The lowest BCUT2D eigenvalue weighted by Gasteiger charge is -2.11. The van der Waals surface area contributed by atoms with E-state index in [1.165, 1.54) is 10.9 Å². The van der Waals surface area contributed by atoms with Crippen molar-refractivity contribution in [2.75, 3.05) is 5.73 Å². The molecule has 33 heavy (non-hydrogen) atoms. The van der Waals surface area contributed by atoms with Gasteiger partial charge >= 0.3 is 0 Å². The van der Waals surface area contributed by atoms with Crippen LogP contribution in [0, 0.1) is 18.3 Å². The minimum Gasteiger partial charge on any atom is -0.443 e. The summed E-state index contributed by atoms with van der Waals surface area (Å²) in [6.45, 7) is 1.67. The summed E-state index contributed by atoms with van der Waals surface area (Å²) in [6, 6.07) is 12.9. The zero-order chi connectivity index (χ0) is 22.9. The minimum absolute atomic E-state index is 0.107. The molecule has 0 atom stereocenters. The van der Waals surface area contributed by atoms with Crippen LogP contribution in [0.3, 0.4) is 0 Å². The number of nitriles is 1. The van der Waals surface area contributed by atoms with Gasteiger partial charge in [0.15, 0.2) is 23.6 Å². The second-order valence-electron chi connectivity index (χ2n) is 7.33. The predicted molar refractivity (Wildman–Crippen MR) is 119 cm³/mol. The predicted octanol–water partition coefficient (Wildman–Crippen LogP) is 2.69. The summed E-state index contributed by atoms with van der Waals surface area (Å²) in [4.78, 5) is 17.9. The van der Waals surface area contributed by atoms with E-state index in [-0.39, 0.29) is 19.0 Å². The van der Waals surface area contributed by atoms with Crippen LogP contribution in [0.5, 0.6) is 0 Å². The van der Waals surface area contributed by atoms with Gasteiger partial charge in [0.05, 0.1) is 47.3 Å². The van der Waals surface area contributed by atoms with Crippen LogP contribution in [-0.4, -0.2) is 34.7 Å². The van der Waals surface area contributed by atoms with Gasteiger partial charge in [-0.3, -0.25) is 4.98 Å². The molecule has 4 heterocycles. The first-order valence-electron chi connectivity index (χ1n) is 10.1. The molecule has 0 aliphatic heterocycles. The Balaban J connectivity index is 1.77. The Hall–Kier alpha value is -4.62. The van der Waals surface area contributed by atoms with Crippen LogP contribution in [0.1, 0.15) is 28.3 Å². The number of pyridine rings is 1. The number of rotatable bonds is 5. The van der Waals surface area contributed by atoms with Crippen molar-refractivity contribution in [3.63, 3.8) is 0 Å². The fourth-order valence-corrected chi connectivity index (χ4v) is 3.73. The number of hydrogen-bond acceptors (Lipinski definition) is 9. The van der Waals surface area contributed by atoms with Gasteiger partial charge in [0.2, 0.25) is 5.95 Å². The van der Waals surface area contributed by atoms with E-state index in [4.69, 9.17) is 15.1 Å². The van der Waals surface area contributed by atoms with E-state index in [0.717, 1.165) is 0 Å². The van der Waals surface area contributed by atoms with Crippen LogP contribution in [0.4, 0.5) is 5.95 Å². The summed E-state index contributed by atoms with van der Waals surface area (Å²) in [7, 11) is 0. The number of fused-ring (bicyclic) bond motifs is 1. The zero-order valence-corrected chi connectivity index (χ0v) is 17.6. The monoisotopic (exact) mass is 438 g/mol.